The van der Waals surface area contributed by atoms with Crippen molar-refractivity contribution in [3.05, 3.63) is 29.8 Å². The van der Waals surface area contributed by atoms with Crippen LogP contribution in [-0.2, 0) is 6.42 Å². The highest BCUT2D eigenvalue weighted by Gasteiger charge is 2.21. The summed E-state index contributed by atoms with van der Waals surface area (Å²) < 4.78 is 5.94. The van der Waals surface area contributed by atoms with Gasteiger partial charge in [0.2, 0.25) is 0 Å². The van der Waals surface area contributed by atoms with Crippen LogP contribution in [0.25, 0.3) is 0 Å². The second-order valence-corrected chi connectivity index (χ2v) is 5.72. The molecule has 0 aliphatic carbocycles. The van der Waals surface area contributed by atoms with Gasteiger partial charge in [-0.3, -0.25) is 0 Å². The highest BCUT2D eigenvalue weighted by atomic mass is 16.5. The molecule has 5 nitrogen and oxygen atoms in total. The molecule has 2 rings (SSSR count). The summed E-state index contributed by atoms with van der Waals surface area (Å²) in [6, 6.07) is 8.25. The molecule has 128 valence electrons. The number of fused-ring (bicyclic) bond motifs is 1. The van der Waals surface area contributed by atoms with Crippen molar-refractivity contribution in [2.24, 2.45) is 4.99 Å². The summed E-state index contributed by atoms with van der Waals surface area (Å²) in [5, 5.41) is 6.71. The lowest BCUT2D eigenvalue weighted by Crippen LogP contribution is -2.42. The first-order valence-corrected chi connectivity index (χ1v) is 8.75. The highest BCUT2D eigenvalue weighted by molar-refractivity contribution is 5.79. The summed E-state index contributed by atoms with van der Waals surface area (Å²) in [6.07, 6.45) is 1.09. The molecule has 1 aliphatic heterocycles. The van der Waals surface area contributed by atoms with Crippen molar-refractivity contribution in [2.45, 2.75) is 33.3 Å². The Morgan fingerprint density at radius 1 is 1.22 bits per heavy atom. The molecule has 1 atom stereocenters. The van der Waals surface area contributed by atoms with Gasteiger partial charge in [0.25, 0.3) is 0 Å². The number of aliphatic imine (C=N–C) groups is 1. The molecule has 0 spiro atoms. The average Bonchev–Trinajstić information content (AvgIpc) is 2.99. The lowest BCUT2D eigenvalue weighted by atomic mass is 10.1. The van der Waals surface area contributed by atoms with E-state index in [0.29, 0.717) is 6.54 Å². The monoisotopic (exact) mass is 318 g/mol. The SMILES string of the molecule is CCNC(=NCC1Cc2ccccc2O1)NCCN(CC)CC. The van der Waals surface area contributed by atoms with Gasteiger partial charge in [-0.1, -0.05) is 32.0 Å². The summed E-state index contributed by atoms with van der Waals surface area (Å²) in [4.78, 5) is 7.07. The summed E-state index contributed by atoms with van der Waals surface area (Å²) >= 11 is 0. The predicted octanol–water partition coefficient (Wildman–Crippen LogP) is 1.89. The van der Waals surface area contributed by atoms with E-state index in [2.05, 4.69) is 53.4 Å². The number of rotatable bonds is 8. The zero-order valence-electron chi connectivity index (χ0n) is 14.6. The summed E-state index contributed by atoms with van der Waals surface area (Å²) in [7, 11) is 0. The maximum absolute atomic E-state index is 5.94. The number of guanidine groups is 1. The molecule has 0 aromatic heterocycles. The second-order valence-electron chi connectivity index (χ2n) is 5.72. The lowest BCUT2D eigenvalue weighted by molar-refractivity contribution is 0.241. The van der Waals surface area contributed by atoms with Crippen molar-refractivity contribution < 1.29 is 4.74 Å². The van der Waals surface area contributed by atoms with E-state index in [0.717, 1.165) is 50.9 Å². The number of nitrogens with one attached hydrogen (secondary N) is 2. The molecule has 1 aromatic rings. The number of hydrogen-bond acceptors (Lipinski definition) is 3. The standard InChI is InChI=1S/C18H30N4O/c1-4-19-18(20-11-12-22(5-2)6-3)21-14-16-13-15-9-7-8-10-17(15)23-16/h7-10,16H,4-6,11-14H2,1-3H3,(H2,19,20,21). The van der Waals surface area contributed by atoms with Gasteiger partial charge in [-0.25, -0.2) is 4.99 Å². The minimum Gasteiger partial charge on any atom is -0.488 e. The first-order valence-electron chi connectivity index (χ1n) is 8.75. The van der Waals surface area contributed by atoms with Gasteiger partial charge in [-0.05, 0) is 31.6 Å². The van der Waals surface area contributed by atoms with Crippen LogP contribution in [0.3, 0.4) is 0 Å². The largest absolute Gasteiger partial charge is 0.488 e. The van der Waals surface area contributed by atoms with E-state index in [4.69, 9.17) is 4.74 Å². The van der Waals surface area contributed by atoms with Gasteiger partial charge in [0, 0.05) is 26.1 Å². The minimum absolute atomic E-state index is 0.144. The van der Waals surface area contributed by atoms with Crippen molar-refractivity contribution in [3.8, 4) is 5.75 Å². The third kappa shape index (κ3) is 5.43. The Hall–Kier alpha value is -1.75. The maximum atomic E-state index is 5.94. The number of nitrogens with zero attached hydrogens (tertiary/aromatic N) is 2. The van der Waals surface area contributed by atoms with Gasteiger partial charge in [0.1, 0.15) is 11.9 Å². The Balaban J connectivity index is 1.80. The molecule has 0 amide bonds. The van der Waals surface area contributed by atoms with E-state index in [1.165, 1.54) is 5.56 Å². The van der Waals surface area contributed by atoms with Crippen LogP contribution in [0.4, 0.5) is 0 Å². The molecule has 0 saturated heterocycles. The molecule has 0 bridgehead atoms. The number of hydrogen-bond donors (Lipinski definition) is 2. The van der Waals surface area contributed by atoms with Gasteiger partial charge in [-0.15, -0.1) is 0 Å². The van der Waals surface area contributed by atoms with Crippen LogP contribution in [0.2, 0.25) is 0 Å². The Labute approximate surface area is 140 Å². The first-order chi connectivity index (χ1) is 11.3. The molecule has 0 saturated carbocycles. The van der Waals surface area contributed by atoms with E-state index in [1.54, 1.807) is 0 Å². The summed E-state index contributed by atoms with van der Waals surface area (Å²) in [5.41, 5.74) is 1.28. The van der Waals surface area contributed by atoms with E-state index in [1.807, 2.05) is 12.1 Å². The third-order valence-electron chi connectivity index (χ3n) is 4.13. The van der Waals surface area contributed by atoms with Gasteiger partial charge >= 0.3 is 0 Å². The van der Waals surface area contributed by atoms with Crippen molar-refractivity contribution in [1.82, 2.24) is 15.5 Å². The van der Waals surface area contributed by atoms with Crippen molar-refractivity contribution in [3.63, 3.8) is 0 Å². The molecular weight excluding hydrogens is 288 g/mol. The Morgan fingerprint density at radius 3 is 2.70 bits per heavy atom. The Kier molecular flexibility index (Phi) is 7.20. The van der Waals surface area contributed by atoms with Crippen LogP contribution in [-0.4, -0.2) is 56.2 Å². The lowest BCUT2D eigenvalue weighted by Gasteiger charge is -2.19. The fourth-order valence-electron chi connectivity index (χ4n) is 2.76. The molecule has 1 aliphatic rings. The topological polar surface area (TPSA) is 48.9 Å². The zero-order valence-corrected chi connectivity index (χ0v) is 14.6. The van der Waals surface area contributed by atoms with Crippen LogP contribution in [0.1, 0.15) is 26.3 Å². The van der Waals surface area contributed by atoms with Gasteiger partial charge < -0.3 is 20.3 Å². The van der Waals surface area contributed by atoms with Crippen molar-refractivity contribution in [2.75, 3.05) is 39.3 Å². The normalized spacial score (nSPS) is 17.0. The van der Waals surface area contributed by atoms with E-state index < -0.39 is 0 Å². The molecule has 23 heavy (non-hydrogen) atoms. The first kappa shape index (κ1) is 17.6. The van der Waals surface area contributed by atoms with E-state index in [-0.39, 0.29) is 6.10 Å². The molecule has 1 heterocycles. The highest BCUT2D eigenvalue weighted by Crippen LogP contribution is 2.28. The van der Waals surface area contributed by atoms with Gasteiger partial charge in [-0.2, -0.15) is 0 Å². The minimum atomic E-state index is 0.144. The van der Waals surface area contributed by atoms with Crippen molar-refractivity contribution >= 4 is 5.96 Å². The molecule has 0 radical (unpaired) electrons. The van der Waals surface area contributed by atoms with Crippen LogP contribution >= 0.6 is 0 Å². The molecule has 5 heteroatoms. The predicted molar refractivity (Wildman–Crippen MR) is 96.3 cm³/mol. The quantitative estimate of drug-likeness (QED) is 0.568. The van der Waals surface area contributed by atoms with Gasteiger partial charge in [0.15, 0.2) is 5.96 Å². The van der Waals surface area contributed by atoms with Crippen LogP contribution in [0.15, 0.2) is 29.3 Å². The van der Waals surface area contributed by atoms with Crippen LogP contribution < -0.4 is 15.4 Å². The Morgan fingerprint density at radius 2 is 2.00 bits per heavy atom. The molecule has 1 aromatic carbocycles. The van der Waals surface area contributed by atoms with Crippen molar-refractivity contribution in [1.29, 1.82) is 0 Å². The van der Waals surface area contributed by atoms with E-state index >= 15 is 0 Å². The average molecular weight is 318 g/mol. The number of likely N-dealkylation sites (N-methyl/N-ethyl adjacent to an activating group) is 1. The third-order valence-corrected chi connectivity index (χ3v) is 4.13. The summed E-state index contributed by atoms with van der Waals surface area (Å²) in [6.45, 7) is 12.1. The zero-order chi connectivity index (χ0) is 16.5. The molecule has 1 unspecified atom stereocenters. The summed E-state index contributed by atoms with van der Waals surface area (Å²) in [5.74, 6) is 1.88. The molecular formula is C18H30N4O. The molecule has 2 N–H and O–H groups in total. The van der Waals surface area contributed by atoms with Gasteiger partial charge in [0.05, 0.1) is 6.54 Å². The molecule has 0 fully saturated rings. The maximum Gasteiger partial charge on any atom is 0.191 e. The van der Waals surface area contributed by atoms with E-state index in [9.17, 15) is 0 Å². The van der Waals surface area contributed by atoms with Crippen LogP contribution in [0.5, 0.6) is 5.75 Å². The second kappa shape index (κ2) is 9.40. The fourth-order valence-corrected chi connectivity index (χ4v) is 2.76. The number of ether oxygens (including phenoxy) is 1. The number of benzene rings is 1. The smallest absolute Gasteiger partial charge is 0.191 e. The fraction of sp³-hybridized carbons (Fsp3) is 0.611. The van der Waals surface area contributed by atoms with Crippen LogP contribution in [0, 0.1) is 0 Å². The Bertz CT molecular complexity index is 475. The number of para-hydroxylation sites is 1.